The molecule has 1 aromatic rings. The number of hydrogen-bond acceptors (Lipinski definition) is 2. The first-order valence-corrected chi connectivity index (χ1v) is 8.09. The smallest absolute Gasteiger partial charge is 0.198 e. The number of piperidine rings is 1. The van der Waals surface area contributed by atoms with Gasteiger partial charge in [0.05, 0.1) is 6.54 Å². The Labute approximate surface area is 152 Å². The quantitative estimate of drug-likeness (QED) is 0.453. The van der Waals surface area contributed by atoms with Crippen molar-refractivity contribution < 1.29 is 0 Å². The van der Waals surface area contributed by atoms with Gasteiger partial charge in [-0.15, -0.1) is 24.0 Å². The van der Waals surface area contributed by atoms with Gasteiger partial charge in [0, 0.05) is 25.3 Å². The Bertz CT molecular complexity index is 430. The second-order valence-corrected chi connectivity index (χ2v) is 5.64. The third-order valence-corrected chi connectivity index (χ3v) is 3.97. The van der Waals surface area contributed by atoms with Crippen LogP contribution in [0.25, 0.3) is 0 Å². The van der Waals surface area contributed by atoms with E-state index in [0.717, 1.165) is 44.4 Å². The summed E-state index contributed by atoms with van der Waals surface area (Å²) >= 11 is 0. The Morgan fingerprint density at radius 2 is 1.86 bits per heavy atom. The van der Waals surface area contributed by atoms with Crippen molar-refractivity contribution in [1.82, 2.24) is 9.80 Å². The lowest BCUT2D eigenvalue weighted by Crippen LogP contribution is -2.40. The van der Waals surface area contributed by atoms with Crippen molar-refractivity contribution in [3.63, 3.8) is 0 Å². The fraction of sp³-hybridized carbons (Fsp3) is 0.588. The zero-order valence-corrected chi connectivity index (χ0v) is 16.1. The van der Waals surface area contributed by atoms with Crippen LogP contribution in [0.5, 0.6) is 0 Å². The lowest BCUT2D eigenvalue weighted by atomic mass is 10.1. The monoisotopic (exact) mass is 416 g/mol. The van der Waals surface area contributed by atoms with Crippen LogP contribution in [0, 0.1) is 0 Å². The fourth-order valence-electron chi connectivity index (χ4n) is 2.46. The molecule has 4 nitrogen and oxygen atoms in total. The lowest BCUT2D eigenvalue weighted by Gasteiger charge is -2.30. The molecule has 1 aromatic carbocycles. The van der Waals surface area contributed by atoms with Crippen molar-refractivity contribution in [2.75, 3.05) is 45.1 Å². The highest BCUT2D eigenvalue weighted by Crippen LogP contribution is 2.12. The van der Waals surface area contributed by atoms with Gasteiger partial charge in [0.25, 0.3) is 0 Å². The fourth-order valence-corrected chi connectivity index (χ4v) is 2.46. The first-order chi connectivity index (χ1) is 10.3. The number of aliphatic imine (C=N–C) groups is 1. The Morgan fingerprint density at radius 3 is 2.50 bits per heavy atom. The molecule has 2 rings (SSSR count). The number of nitrogens with one attached hydrogen (secondary N) is 1. The van der Waals surface area contributed by atoms with Gasteiger partial charge in [-0.3, -0.25) is 4.99 Å². The summed E-state index contributed by atoms with van der Waals surface area (Å²) in [6, 6.07) is 10.3. The van der Waals surface area contributed by atoms with Gasteiger partial charge < -0.3 is 15.1 Å². The number of likely N-dealkylation sites (tertiary alicyclic amines) is 1. The third-order valence-electron chi connectivity index (χ3n) is 3.97. The highest BCUT2D eigenvalue weighted by molar-refractivity contribution is 14.0. The molecular weight excluding hydrogens is 387 g/mol. The van der Waals surface area contributed by atoms with E-state index >= 15 is 0 Å². The maximum atomic E-state index is 4.82. The second-order valence-electron chi connectivity index (χ2n) is 5.64. The van der Waals surface area contributed by atoms with E-state index in [9.17, 15) is 0 Å². The predicted molar refractivity (Wildman–Crippen MR) is 106 cm³/mol. The lowest BCUT2D eigenvalue weighted by molar-refractivity contribution is 0.336. The number of para-hydroxylation sites is 1. The molecule has 5 heteroatoms. The number of hydrogen-bond donors (Lipinski definition) is 1. The number of rotatable bonds is 5. The molecule has 0 radical (unpaired) electrons. The van der Waals surface area contributed by atoms with Gasteiger partial charge in [-0.1, -0.05) is 25.1 Å². The number of guanidine groups is 1. The van der Waals surface area contributed by atoms with Gasteiger partial charge in [0.2, 0.25) is 0 Å². The van der Waals surface area contributed by atoms with Crippen LogP contribution in [0.2, 0.25) is 0 Å². The summed E-state index contributed by atoms with van der Waals surface area (Å²) in [5.41, 5.74) is 1.12. The van der Waals surface area contributed by atoms with Crippen LogP contribution in [0.3, 0.4) is 0 Å². The molecule has 0 aromatic heterocycles. The average Bonchev–Trinajstić information content (AvgIpc) is 2.55. The van der Waals surface area contributed by atoms with Gasteiger partial charge in [0.1, 0.15) is 0 Å². The normalized spacial score (nSPS) is 15.6. The van der Waals surface area contributed by atoms with Gasteiger partial charge in [0.15, 0.2) is 5.96 Å². The minimum atomic E-state index is 0. The summed E-state index contributed by atoms with van der Waals surface area (Å²) in [6.07, 6.45) is 3.88. The first kappa shape index (κ1) is 19.2. The molecule has 1 fully saturated rings. The molecular formula is C17H29IN4. The van der Waals surface area contributed by atoms with Crippen LogP contribution >= 0.6 is 24.0 Å². The SMILES string of the molecule is CCN(C)CCN=C(Nc1ccccc1)N1CCCCC1.I. The van der Waals surface area contributed by atoms with Gasteiger partial charge >= 0.3 is 0 Å². The van der Waals surface area contributed by atoms with Crippen molar-refractivity contribution in [3.05, 3.63) is 30.3 Å². The van der Waals surface area contributed by atoms with Crippen LogP contribution in [-0.2, 0) is 0 Å². The van der Waals surface area contributed by atoms with Crippen molar-refractivity contribution in [2.24, 2.45) is 4.99 Å². The summed E-state index contributed by atoms with van der Waals surface area (Å²) in [4.78, 5) is 9.50. The van der Waals surface area contributed by atoms with E-state index in [0.29, 0.717) is 0 Å². The van der Waals surface area contributed by atoms with Crippen LogP contribution in [0.15, 0.2) is 35.3 Å². The summed E-state index contributed by atoms with van der Waals surface area (Å²) in [6.45, 7) is 7.32. The molecule has 0 spiro atoms. The molecule has 0 aliphatic carbocycles. The van der Waals surface area contributed by atoms with Crippen LogP contribution < -0.4 is 5.32 Å². The van der Waals surface area contributed by atoms with Crippen molar-refractivity contribution >= 4 is 35.6 Å². The summed E-state index contributed by atoms with van der Waals surface area (Å²) in [5.74, 6) is 1.03. The highest BCUT2D eigenvalue weighted by Gasteiger charge is 2.14. The number of anilines is 1. The Morgan fingerprint density at radius 1 is 1.18 bits per heavy atom. The second kappa shape index (κ2) is 10.8. The van der Waals surface area contributed by atoms with E-state index in [1.165, 1.54) is 19.3 Å². The predicted octanol–water partition coefficient (Wildman–Crippen LogP) is 3.51. The minimum Gasteiger partial charge on any atom is -0.343 e. The number of halogens is 1. The van der Waals surface area contributed by atoms with Crippen molar-refractivity contribution in [3.8, 4) is 0 Å². The molecule has 1 saturated heterocycles. The standard InChI is InChI=1S/C17H28N4.HI/c1-3-20(2)15-12-18-17(21-13-8-5-9-14-21)19-16-10-6-4-7-11-16;/h4,6-7,10-11H,3,5,8-9,12-15H2,1-2H3,(H,18,19);1H. The Kier molecular flexibility index (Phi) is 9.47. The number of benzene rings is 1. The zero-order valence-electron chi connectivity index (χ0n) is 13.8. The average molecular weight is 416 g/mol. The molecule has 1 heterocycles. The zero-order chi connectivity index (χ0) is 14.9. The van der Waals surface area contributed by atoms with Gasteiger partial charge in [-0.05, 0) is 45.0 Å². The van der Waals surface area contributed by atoms with E-state index in [1.54, 1.807) is 0 Å². The molecule has 22 heavy (non-hydrogen) atoms. The van der Waals surface area contributed by atoms with Gasteiger partial charge in [-0.25, -0.2) is 0 Å². The number of likely N-dealkylation sites (N-methyl/N-ethyl adjacent to an activating group) is 1. The maximum absolute atomic E-state index is 4.82. The topological polar surface area (TPSA) is 30.9 Å². The molecule has 124 valence electrons. The Hall–Kier alpha value is -0.820. The van der Waals surface area contributed by atoms with Crippen LogP contribution in [0.4, 0.5) is 5.69 Å². The highest BCUT2D eigenvalue weighted by atomic mass is 127. The van der Waals surface area contributed by atoms with Crippen LogP contribution in [-0.4, -0.2) is 55.5 Å². The minimum absolute atomic E-state index is 0. The van der Waals surface area contributed by atoms with E-state index in [-0.39, 0.29) is 24.0 Å². The summed E-state index contributed by atoms with van der Waals surface area (Å²) in [7, 11) is 2.14. The molecule has 1 aliphatic heterocycles. The van der Waals surface area contributed by atoms with Crippen molar-refractivity contribution in [1.29, 1.82) is 0 Å². The van der Waals surface area contributed by atoms with Gasteiger partial charge in [-0.2, -0.15) is 0 Å². The molecule has 0 amide bonds. The molecule has 0 bridgehead atoms. The maximum Gasteiger partial charge on any atom is 0.198 e. The van der Waals surface area contributed by atoms with Crippen molar-refractivity contribution in [2.45, 2.75) is 26.2 Å². The summed E-state index contributed by atoms with van der Waals surface area (Å²) in [5, 5.41) is 3.50. The van der Waals surface area contributed by atoms with E-state index in [4.69, 9.17) is 4.99 Å². The molecule has 1 aliphatic rings. The molecule has 0 saturated carbocycles. The first-order valence-electron chi connectivity index (χ1n) is 8.09. The third kappa shape index (κ3) is 6.52. The molecule has 1 N–H and O–H groups in total. The van der Waals surface area contributed by atoms with E-state index < -0.39 is 0 Å². The van der Waals surface area contributed by atoms with E-state index in [2.05, 4.69) is 53.4 Å². The number of nitrogens with zero attached hydrogens (tertiary/aromatic N) is 3. The molecule has 0 unspecified atom stereocenters. The Balaban J connectivity index is 0.00000242. The van der Waals surface area contributed by atoms with E-state index in [1.807, 2.05) is 6.07 Å². The van der Waals surface area contributed by atoms with Crippen LogP contribution in [0.1, 0.15) is 26.2 Å². The largest absolute Gasteiger partial charge is 0.343 e. The summed E-state index contributed by atoms with van der Waals surface area (Å²) < 4.78 is 0. The molecule has 0 atom stereocenters.